The monoisotopic (exact) mass is 364 g/mol. The summed E-state index contributed by atoms with van der Waals surface area (Å²) in [5.41, 5.74) is 1.55. The molecule has 24 heavy (non-hydrogen) atoms. The van der Waals surface area contributed by atoms with Crippen LogP contribution in [0.5, 0.6) is 0 Å². The fourth-order valence-electron chi connectivity index (χ4n) is 3.29. The first-order valence-electron chi connectivity index (χ1n) is 7.98. The van der Waals surface area contributed by atoms with Gasteiger partial charge in [0.2, 0.25) is 0 Å². The Balaban J connectivity index is 1.27. The van der Waals surface area contributed by atoms with Gasteiger partial charge in [0.05, 0.1) is 28.2 Å². The van der Waals surface area contributed by atoms with Crippen molar-refractivity contribution in [3.8, 4) is 0 Å². The Kier molecular flexibility index (Phi) is 4.14. The van der Waals surface area contributed by atoms with Crippen molar-refractivity contribution in [2.45, 2.75) is 30.8 Å². The summed E-state index contributed by atoms with van der Waals surface area (Å²) >= 11 is 3.60. The molecule has 2 aromatic heterocycles. The van der Waals surface area contributed by atoms with Crippen molar-refractivity contribution >= 4 is 29.0 Å². The van der Waals surface area contributed by atoms with E-state index in [0.29, 0.717) is 12.3 Å². The summed E-state index contributed by atoms with van der Waals surface area (Å²) in [6.07, 6.45) is 3.06. The molecule has 2 aromatic rings. The first kappa shape index (κ1) is 16.1. The van der Waals surface area contributed by atoms with Gasteiger partial charge in [-0.3, -0.25) is 9.48 Å². The number of aryl methyl sites for hydroxylation is 2. The quantitative estimate of drug-likeness (QED) is 0.831. The van der Waals surface area contributed by atoms with Gasteiger partial charge in [0, 0.05) is 37.5 Å². The molecule has 6 nitrogen and oxygen atoms in total. The second-order valence-corrected chi connectivity index (χ2v) is 9.08. The van der Waals surface area contributed by atoms with E-state index in [2.05, 4.69) is 15.5 Å². The minimum Gasteiger partial charge on any atom is -0.371 e. The number of hydrogen-bond donors (Lipinski definition) is 0. The Morgan fingerprint density at radius 3 is 3.00 bits per heavy atom. The molecule has 4 heterocycles. The van der Waals surface area contributed by atoms with Gasteiger partial charge in [-0.15, -0.1) is 23.1 Å². The molecule has 0 aromatic carbocycles. The Morgan fingerprint density at radius 1 is 1.50 bits per heavy atom. The number of thioether (sulfide) groups is 1. The maximum atomic E-state index is 12.4. The summed E-state index contributed by atoms with van der Waals surface area (Å²) < 4.78 is 7.86. The predicted molar refractivity (Wildman–Crippen MR) is 94.3 cm³/mol. The second-order valence-electron chi connectivity index (χ2n) is 6.52. The highest BCUT2D eigenvalue weighted by Gasteiger charge is 2.51. The highest BCUT2D eigenvalue weighted by atomic mass is 32.2. The number of likely N-dealkylation sites (tertiary alicyclic amines) is 1. The topological polar surface area (TPSA) is 60.2 Å². The maximum Gasteiger partial charge on any atom is 0.274 e. The molecule has 2 aliphatic rings. The van der Waals surface area contributed by atoms with Crippen LogP contribution in [-0.4, -0.2) is 55.3 Å². The van der Waals surface area contributed by atoms with Gasteiger partial charge in [-0.25, -0.2) is 4.98 Å². The summed E-state index contributed by atoms with van der Waals surface area (Å²) in [6, 6.07) is 1.77. The van der Waals surface area contributed by atoms with E-state index in [1.807, 2.05) is 30.6 Å². The highest BCUT2D eigenvalue weighted by Crippen LogP contribution is 2.46. The van der Waals surface area contributed by atoms with Gasteiger partial charge in [-0.1, -0.05) is 0 Å². The number of ether oxygens (including phenoxy) is 1. The third kappa shape index (κ3) is 3.10. The molecule has 8 heteroatoms. The number of nitrogens with zero attached hydrogens (tertiary/aromatic N) is 4. The van der Waals surface area contributed by atoms with E-state index in [0.717, 1.165) is 36.0 Å². The lowest BCUT2D eigenvalue weighted by Gasteiger charge is -2.47. The van der Waals surface area contributed by atoms with E-state index in [1.54, 1.807) is 28.3 Å². The number of carbonyl (C=O) groups is 1. The normalized spacial score (nSPS) is 22.1. The maximum absolute atomic E-state index is 12.4. The molecular formula is C16H20N4O2S2. The van der Waals surface area contributed by atoms with Crippen LogP contribution in [0.4, 0.5) is 0 Å². The van der Waals surface area contributed by atoms with E-state index >= 15 is 0 Å². The zero-order valence-electron chi connectivity index (χ0n) is 13.8. The minimum atomic E-state index is 0.0316. The van der Waals surface area contributed by atoms with Crippen LogP contribution in [-0.2, 0) is 18.4 Å². The van der Waals surface area contributed by atoms with Crippen LogP contribution < -0.4 is 0 Å². The lowest BCUT2D eigenvalue weighted by atomic mass is 9.92. The zero-order chi connectivity index (χ0) is 16.7. The lowest BCUT2D eigenvalue weighted by molar-refractivity contribution is 0.0244. The van der Waals surface area contributed by atoms with Crippen LogP contribution in [0, 0.1) is 6.92 Å². The number of thiazole rings is 1. The Bertz CT molecular complexity index is 751. The van der Waals surface area contributed by atoms with Gasteiger partial charge in [-0.2, -0.15) is 5.10 Å². The molecule has 128 valence electrons. The molecule has 0 radical (unpaired) electrons. The molecule has 2 fully saturated rings. The Hall–Kier alpha value is -1.38. The van der Waals surface area contributed by atoms with Crippen LogP contribution in [0.2, 0.25) is 0 Å². The molecule has 0 unspecified atom stereocenters. The molecule has 2 saturated heterocycles. The third-order valence-electron chi connectivity index (χ3n) is 4.49. The molecular weight excluding hydrogens is 344 g/mol. The zero-order valence-corrected chi connectivity index (χ0v) is 15.4. The van der Waals surface area contributed by atoms with Crippen LogP contribution in [0.25, 0.3) is 0 Å². The SMILES string of the molecule is Cc1nc(CO[C@H]2CSC3(C2)CN(C(=O)c2ccn(C)n2)C3)cs1. The van der Waals surface area contributed by atoms with Crippen LogP contribution in [0.1, 0.15) is 27.6 Å². The predicted octanol–water partition coefficient (Wildman–Crippen LogP) is 2.10. The average Bonchev–Trinajstić information content (AvgIpc) is 3.22. The van der Waals surface area contributed by atoms with Crippen LogP contribution in [0.15, 0.2) is 17.6 Å². The van der Waals surface area contributed by atoms with Crippen molar-refractivity contribution < 1.29 is 9.53 Å². The van der Waals surface area contributed by atoms with E-state index in [-0.39, 0.29) is 16.8 Å². The van der Waals surface area contributed by atoms with Crippen molar-refractivity contribution in [1.29, 1.82) is 0 Å². The Morgan fingerprint density at radius 2 is 2.33 bits per heavy atom. The molecule has 0 N–H and O–H groups in total. The number of amides is 1. The van der Waals surface area contributed by atoms with E-state index in [9.17, 15) is 4.79 Å². The summed E-state index contributed by atoms with van der Waals surface area (Å²) in [6.45, 7) is 4.18. The molecule has 1 amide bonds. The van der Waals surface area contributed by atoms with Crippen molar-refractivity contribution in [3.05, 3.63) is 34.0 Å². The number of aromatic nitrogens is 3. The van der Waals surface area contributed by atoms with E-state index in [1.165, 1.54) is 0 Å². The first-order valence-corrected chi connectivity index (χ1v) is 9.85. The van der Waals surface area contributed by atoms with Crippen molar-refractivity contribution in [2.75, 3.05) is 18.8 Å². The van der Waals surface area contributed by atoms with Crippen molar-refractivity contribution in [3.63, 3.8) is 0 Å². The van der Waals surface area contributed by atoms with Gasteiger partial charge >= 0.3 is 0 Å². The largest absolute Gasteiger partial charge is 0.371 e. The molecule has 2 aliphatic heterocycles. The molecule has 0 saturated carbocycles. The Labute approximate surface area is 149 Å². The van der Waals surface area contributed by atoms with Gasteiger partial charge in [-0.05, 0) is 19.4 Å². The van der Waals surface area contributed by atoms with E-state index in [4.69, 9.17) is 4.74 Å². The fraction of sp³-hybridized carbons (Fsp3) is 0.562. The molecule has 1 spiro atoms. The van der Waals surface area contributed by atoms with Crippen molar-refractivity contribution in [2.24, 2.45) is 7.05 Å². The van der Waals surface area contributed by atoms with Crippen LogP contribution >= 0.6 is 23.1 Å². The smallest absolute Gasteiger partial charge is 0.274 e. The van der Waals surface area contributed by atoms with Gasteiger partial charge in [0.15, 0.2) is 0 Å². The van der Waals surface area contributed by atoms with Gasteiger partial charge in [0.25, 0.3) is 5.91 Å². The standard InChI is InChI=1S/C16H20N4O2S2/c1-11-17-12(7-23-11)6-22-13-5-16(24-8-13)9-20(10-16)15(21)14-3-4-19(2)18-14/h3-4,7,13H,5-6,8-10H2,1-2H3/t13-/m1/s1. The number of hydrogen-bond acceptors (Lipinski definition) is 6. The number of rotatable bonds is 4. The minimum absolute atomic E-state index is 0.0316. The van der Waals surface area contributed by atoms with Crippen molar-refractivity contribution in [1.82, 2.24) is 19.7 Å². The molecule has 1 atom stereocenters. The lowest BCUT2D eigenvalue weighted by Crippen LogP contribution is -2.60. The number of carbonyl (C=O) groups excluding carboxylic acids is 1. The van der Waals surface area contributed by atoms with E-state index < -0.39 is 0 Å². The summed E-state index contributed by atoms with van der Waals surface area (Å²) in [5.74, 6) is 1.03. The fourth-order valence-corrected chi connectivity index (χ4v) is 5.44. The summed E-state index contributed by atoms with van der Waals surface area (Å²) in [4.78, 5) is 18.7. The summed E-state index contributed by atoms with van der Waals surface area (Å²) in [7, 11) is 1.83. The second kappa shape index (κ2) is 6.16. The molecule has 0 bridgehead atoms. The first-order chi connectivity index (χ1) is 11.5. The van der Waals surface area contributed by atoms with Gasteiger partial charge < -0.3 is 9.64 Å². The summed E-state index contributed by atoms with van der Waals surface area (Å²) in [5, 5.41) is 7.33. The highest BCUT2D eigenvalue weighted by molar-refractivity contribution is 8.01. The molecule has 4 rings (SSSR count). The van der Waals surface area contributed by atoms with Gasteiger partial charge in [0.1, 0.15) is 5.69 Å². The third-order valence-corrected chi connectivity index (χ3v) is 6.88. The average molecular weight is 364 g/mol. The molecule has 0 aliphatic carbocycles. The van der Waals surface area contributed by atoms with Crippen LogP contribution in [0.3, 0.4) is 0 Å².